The summed E-state index contributed by atoms with van der Waals surface area (Å²) >= 11 is 0. The number of nitrogen functional groups attached to an aromatic ring is 1. The van der Waals surface area contributed by atoms with Gasteiger partial charge in [0.15, 0.2) is 11.6 Å². The van der Waals surface area contributed by atoms with Crippen LogP contribution >= 0.6 is 0 Å². The third-order valence-corrected chi connectivity index (χ3v) is 2.47. The van der Waals surface area contributed by atoms with E-state index in [4.69, 9.17) is 5.73 Å². The number of rotatable bonds is 2. The molecule has 0 saturated carbocycles. The summed E-state index contributed by atoms with van der Waals surface area (Å²) in [6.07, 6.45) is 3.62. The standard InChI is InChI=1S/C12H9FN6/c13-9-5-15-12(16-6-9)19-7-17-11(18-19)8-1-3-10(14)4-2-8/h1-7H,14H2. The van der Waals surface area contributed by atoms with Crippen molar-refractivity contribution in [1.82, 2.24) is 24.7 Å². The number of anilines is 1. The van der Waals surface area contributed by atoms with Crippen LogP contribution in [0.2, 0.25) is 0 Å². The van der Waals surface area contributed by atoms with Crippen molar-refractivity contribution < 1.29 is 4.39 Å². The molecule has 0 aliphatic heterocycles. The summed E-state index contributed by atoms with van der Waals surface area (Å²) in [6, 6.07) is 7.18. The minimum atomic E-state index is -0.498. The molecule has 0 aliphatic rings. The lowest BCUT2D eigenvalue weighted by atomic mass is 10.2. The van der Waals surface area contributed by atoms with Gasteiger partial charge in [0.25, 0.3) is 5.95 Å². The zero-order valence-corrected chi connectivity index (χ0v) is 9.73. The Labute approximate surface area is 107 Å². The van der Waals surface area contributed by atoms with Crippen LogP contribution < -0.4 is 5.73 Å². The molecular weight excluding hydrogens is 247 g/mol. The summed E-state index contributed by atoms with van der Waals surface area (Å²) < 4.78 is 14.1. The maximum atomic E-state index is 12.7. The molecule has 0 atom stereocenters. The molecule has 2 aromatic heterocycles. The minimum Gasteiger partial charge on any atom is -0.399 e. The van der Waals surface area contributed by atoms with Crippen molar-refractivity contribution in [1.29, 1.82) is 0 Å². The molecule has 0 aliphatic carbocycles. The third kappa shape index (κ3) is 2.25. The minimum absolute atomic E-state index is 0.260. The second-order valence-electron chi connectivity index (χ2n) is 3.84. The average molecular weight is 256 g/mol. The molecule has 3 rings (SSSR count). The summed E-state index contributed by atoms with van der Waals surface area (Å²) in [6.45, 7) is 0. The Hall–Kier alpha value is -2.83. The lowest BCUT2D eigenvalue weighted by Gasteiger charge is -1.97. The summed E-state index contributed by atoms with van der Waals surface area (Å²) in [5, 5.41) is 4.23. The number of hydrogen-bond donors (Lipinski definition) is 1. The summed E-state index contributed by atoms with van der Waals surface area (Å²) in [7, 11) is 0. The van der Waals surface area contributed by atoms with Gasteiger partial charge in [-0.1, -0.05) is 0 Å². The molecule has 2 heterocycles. The second kappa shape index (κ2) is 4.45. The molecule has 0 radical (unpaired) electrons. The smallest absolute Gasteiger partial charge is 0.252 e. The summed E-state index contributed by atoms with van der Waals surface area (Å²) in [5.41, 5.74) is 7.11. The van der Waals surface area contributed by atoms with Crippen LogP contribution in [0, 0.1) is 5.82 Å². The molecule has 0 unspecified atom stereocenters. The molecule has 6 nitrogen and oxygen atoms in total. The predicted octanol–water partition coefficient (Wildman–Crippen LogP) is 1.45. The number of halogens is 1. The monoisotopic (exact) mass is 256 g/mol. The van der Waals surface area contributed by atoms with Crippen LogP contribution in [0.3, 0.4) is 0 Å². The van der Waals surface area contributed by atoms with Gasteiger partial charge in [-0.3, -0.25) is 0 Å². The SMILES string of the molecule is Nc1ccc(-c2ncn(-c3ncc(F)cn3)n2)cc1. The Morgan fingerprint density at radius 3 is 2.37 bits per heavy atom. The van der Waals surface area contributed by atoms with Gasteiger partial charge in [-0.15, -0.1) is 5.10 Å². The zero-order chi connectivity index (χ0) is 13.2. The van der Waals surface area contributed by atoms with Crippen LogP contribution in [-0.2, 0) is 0 Å². The van der Waals surface area contributed by atoms with Gasteiger partial charge < -0.3 is 5.73 Å². The molecule has 0 amide bonds. The van der Waals surface area contributed by atoms with Crippen LogP contribution in [0.4, 0.5) is 10.1 Å². The van der Waals surface area contributed by atoms with E-state index >= 15 is 0 Å². The van der Waals surface area contributed by atoms with Crippen LogP contribution in [0.25, 0.3) is 17.3 Å². The molecule has 19 heavy (non-hydrogen) atoms. The van der Waals surface area contributed by atoms with Crippen molar-refractivity contribution in [2.45, 2.75) is 0 Å². The number of nitrogens with zero attached hydrogens (tertiary/aromatic N) is 5. The molecule has 1 aromatic carbocycles. The van der Waals surface area contributed by atoms with Crippen molar-refractivity contribution in [3.05, 3.63) is 48.8 Å². The van der Waals surface area contributed by atoms with Crippen LogP contribution in [0.5, 0.6) is 0 Å². The lowest BCUT2D eigenvalue weighted by molar-refractivity contribution is 0.608. The topological polar surface area (TPSA) is 82.5 Å². The fraction of sp³-hybridized carbons (Fsp3) is 0. The highest BCUT2D eigenvalue weighted by molar-refractivity contribution is 5.58. The molecule has 0 bridgehead atoms. The second-order valence-corrected chi connectivity index (χ2v) is 3.84. The van der Waals surface area contributed by atoms with E-state index in [-0.39, 0.29) is 5.95 Å². The predicted molar refractivity (Wildman–Crippen MR) is 66.8 cm³/mol. The number of hydrogen-bond acceptors (Lipinski definition) is 5. The largest absolute Gasteiger partial charge is 0.399 e. The highest BCUT2D eigenvalue weighted by Crippen LogP contribution is 2.16. The number of aromatic nitrogens is 5. The van der Waals surface area contributed by atoms with Crippen molar-refractivity contribution in [2.75, 3.05) is 5.73 Å². The Morgan fingerprint density at radius 1 is 1.00 bits per heavy atom. The zero-order valence-electron chi connectivity index (χ0n) is 9.73. The maximum Gasteiger partial charge on any atom is 0.252 e. The van der Waals surface area contributed by atoms with Crippen molar-refractivity contribution in [3.63, 3.8) is 0 Å². The van der Waals surface area contributed by atoms with Gasteiger partial charge in [0, 0.05) is 11.3 Å². The Kier molecular flexibility index (Phi) is 2.64. The number of benzene rings is 1. The average Bonchev–Trinajstić information content (AvgIpc) is 2.90. The van der Waals surface area contributed by atoms with Crippen molar-refractivity contribution >= 4 is 5.69 Å². The molecule has 0 fully saturated rings. The van der Waals surface area contributed by atoms with Gasteiger partial charge in [-0.25, -0.2) is 19.3 Å². The molecule has 0 saturated heterocycles. The van der Waals surface area contributed by atoms with Gasteiger partial charge in [0.1, 0.15) is 6.33 Å². The number of nitrogens with two attached hydrogens (primary N) is 1. The fourth-order valence-corrected chi connectivity index (χ4v) is 1.55. The van der Waals surface area contributed by atoms with Crippen LogP contribution in [0.15, 0.2) is 43.0 Å². The molecule has 0 spiro atoms. The van der Waals surface area contributed by atoms with Gasteiger partial charge in [-0.2, -0.15) is 4.68 Å². The van der Waals surface area contributed by atoms with Gasteiger partial charge in [-0.05, 0) is 24.3 Å². The first-order valence-corrected chi connectivity index (χ1v) is 5.48. The van der Waals surface area contributed by atoms with E-state index in [0.717, 1.165) is 18.0 Å². The van der Waals surface area contributed by atoms with E-state index in [9.17, 15) is 4.39 Å². The van der Waals surface area contributed by atoms with E-state index in [1.165, 1.54) is 11.0 Å². The highest BCUT2D eigenvalue weighted by atomic mass is 19.1. The molecular formula is C12H9FN6. The van der Waals surface area contributed by atoms with Gasteiger partial charge in [0.2, 0.25) is 0 Å². The maximum absolute atomic E-state index is 12.7. The van der Waals surface area contributed by atoms with E-state index < -0.39 is 5.82 Å². The Morgan fingerprint density at radius 2 is 1.68 bits per heavy atom. The first-order valence-electron chi connectivity index (χ1n) is 5.48. The molecule has 94 valence electrons. The summed E-state index contributed by atoms with van der Waals surface area (Å²) in [4.78, 5) is 11.8. The first-order chi connectivity index (χ1) is 9.22. The van der Waals surface area contributed by atoms with Crippen LogP contribution in [0.1, 0.15) is 0 Å². The quantitative estimate of drug-likeness (QED) is 0.701. The normalized spacial score (nSPS) is 10.6. The molecule has 7 heteroatoms. The lowest BCUT2D eigenvalue weighted by Crippen LogP contribution is -2.01. The highest BCUT2D eigenvalue weighted by Gasteiger charge is 2.07. The third-order valence-electron chi connectivity index (χ3n) is 2.47. The van der Waals surface area contributed by atoms with Crippen molar-refractivity contribution in [3.8, 4) is 17.3 Å². The fourth-order valence-electron chi connectivity index (χ4n) is 1.55. The summed E-state index contributed by atoms with van der Waals surface area (Å²) in [5.74, 6) is 0.283. The van der Waals surface area contributed by atoms with E-state index in [2.05, 4.69) is 20.1 Å². The van der Waals surface area contributed by atoms with Gasteiger partial charge >= 0.3 is 0 Å². The van der Waals surface area contributed by atoms with E-state index in [1.807, 2.05) is 12.1 Å². The Bertz CT molecular complexity index is 629. The van der Waals surface area contributed by atoms with E-state index in [1.54, 1.807) is 12.1 Å². The van der Waals surface area contributed by atoms with Crippen molar-refractivity contribution in [2.24, 2.45) is 0 Å². The van der Waals surface area contributed by atoms with E-state index in [0.29, 0.717) is 11.5 Å². The van der Waals surface area contributed by atoms with Crippen LogP contribution in [-0.4, -0.2) is 24.7 Å². The first kappa shape index (κ1) is 11.3. The molecule has 3 aromatic rings. The molecule has 2 N–H and O–H groups in total. The van der Waals surface area contributed by atoms with Gasteiger partial charge in [0.05, 0.1) is 12.4 Å². The Balaban J connectivity index is 1.95.